The number of thiophene rings is 1. The van der Waals surface area contributed by atoms with E-state index in [1.54, 1.807) is 23.5 Å². The fourth-order valence-corrected chi connectivity index (χ4v) is 5.27. The van der Waals surface area contributed by atoms with Gasteiger partial charge >= 0.3 is 0 Å². The Bertz CT molecular complexity index is 686. The van der Waals surface area contributed by atoms with Crippen molar-refractivity contribution in [2.75, 3.05) is 5.32 Å². The number of carbonyl (C=O) groups excluding carboxylic acids is 1. The van der Waals surface area contributed by atoms with Gasteiger partial charge in [-0.05, 0) is 41.6 Å². The third-order valence-corrected chi connectivity index (χ3v) is 6.16. The number of hydrogen-bond acceptors (Lipinski definition) is 4. The Balaban J connectivity index is 1.88. The minimum absolute atomic E-state index is 0.254. The number of benzene rings is 1. The van der Waals surface area contributed by atoms with Gasteiger partial charge in [-0.15, -0.1) is 23.1 Å². The van der Waals surface area contributed by atoms with Gasteiger partial charge in [0.15, 0.2) is 0 Å². The number of rotatable bonds is 3. The summed E-state index contributed by atoms with van der Waals surface area (Å²) >= 11 is 9.70. The summed E-state index contributed by atoms with van der Waals surface area (Å²) in [5.74, 6) is -0.507. The average molecular weight is 339 g/mol. The van der Waals surface area contributed by atoms with E-state index < -0.39 is 5.91 Å². The Morgan fingerprint density at radius 1 is 1.43 bits per heavy atom. The van der Waals surface area contributed by atoms with Gasteiger partial charge in [0.2, 0.25) is 5.91 Å². The first-order chi connectivity index (χ1) is 10.0. The van der Waals surface area contributed by atoms with Crippen molar-refractivity contribution < 1.29 is 4.79 Å². The van der Waals surface area contributed by atoms with Crippen LogP contribution in [0.5, 0.6) is 0 Å². The summed E-state index contributed by atoms with van der Waals surface area (Å²) in [4.78, 5) is 11.4. The number of nitrogens with two attached hydrogens (primary N) is 1. The van der Waals surface area contributed by atoms with Crippen molar-refractivity contribution >= 4 is 46.3 Å². The highest BCUT2D eigenvalue weighted by Gasteiger charge is 2.26. The third-order valence-electron chi connectivity index (χ3n) is 3.48. The minimum atomic E-state index is -0.507. The number of primary amides is 1. The van der Waals surface area contributed by atoms with E-state index in [9.17, 15) is 4.79 Å². The largest absolute Gasteiger partial charge is 0.378 e. The van der Waals surface area contributed by atoms with Crippen molar-refractivity contribution in [2.24, 2.45) is 5.73 Å². The lowest BCUT2D eigenvalue weighted by Gasteiger charge is -2.28. The second kappa shape index (κ2) is 5.91. The normalized spacial score (nSPS) is 20.9. The van der Waals surface area contributed by atoms with Crippen molar-refractivity contribution in [3.63, 3.8) is 0 Å². The standard InChI is InChI=1S/C15H15ClN2OS2/c1-8-6-13(10-4-5-20-15(10)21-8)18-9-2-3-12(16)11(7-9)14(17)19/h2-5,7-8,13,18H,6H2,1H3,(H2,17,19)/t8-,13?/m0/s1. The number of amides is 1. The van der Waals surface area contributed by atoms with Crippen LogP contribution in [-0.2, 0) is 0 Å². The highest BCUT2D eigenvalue weighted by atomic mass is 35.5. The molecule has 3 nitrogen and oxygen atoms in total. The molecule has 2 atom stereocenters. The summed E-state index contributed by atoms with van der Waals surface area (Å²) in [6.07, 6.45) is 1.04. The zero-order chi connectivity index (χ0) is 15.0. The smallest absolute Gasteiger partial charge is 0.250 e. The molecule has 3 N–H and O–H groups in total. The molecule has 1 unspecified atom stereocenters. The molecule has 1 aliphatic rings. The molecular weight excluding hydrogens is 324 g/mol. The van der Waals surface area contributed by atoms with Gasteiger partial charge < -0.3 is 11.1 Å². The molecule has 1 amide bonds. The first-order valence-corrected chi connectivity index (χ1v) is 8.78. The number of fused-ring (bicyclic) bond motifs is 1. The maximum atomic E-state index is 11.4. The molecule has 1 aromatic heterocycles. The molecule has 2 aromatic rings. The second-order valence-corrected chi connectivity index (χ2v) is 8.11. The predicted molar refractivity (Wildman–Crippen MR) is 90.6 cm³/mol. The predicted octanol–water partition coefficient (Wildman–Crippen LogP) is 4.54. The van der Waals surface area contributed by atoms with Crippen LogP contribution < -0.4 is 11.1 Å². The van der Waals surface area contributed by atoms with Crippen molar-refractivity contribution in [3.05, 3.63) is 45.8 Å². The average Bonchev–Trinajstić information content (AvgIpc) is 2.88. The van der Waals surface area contributed by atoms with Crippen molar-refractivity contribution in [3.8, 4) is 0 Å². The van der Waals surface area contributed by atoms with Gasteiger partial charge in [0, 0.05) is 10.9 Å². The maximum absolute atomic E-state index is 11.4. The topological polar surface area (TPSA) is 55.1 Å². The molecule has 2 heterocycles. The molecule has 0 bridgehead atoms. The highest BCUT2D eigenvalue weighted by molar-refractivity contribution is 8.01. The Labute approximate surface area is 136 Å². The number of nitrogens with one attached hydrogen (secondary N) is 1. The van der Waals surface area contributed by atoms with Crippen LogP contribution in [0, 0.1) is 0 Å². The molecule has 0 fully saturated rings. The fraction of sp³-hybridized carbons (Fsp3) is 0.267. The monoisotopic (exact) mass is 338 g/mol. The summed E-state index contributed by atoms with van der Waals surface area (Å²) < 4.78 is 1.37. The Hall–Kier alpha value is -1.17. The van der Waals surface area contributed by atoms with Gasteiger partial charge in [-0.2, -0.15) is 0 Å². The van der Waals surface area contributed by atoms with Crippen molar-refractivity contribution in [2.45, 2.75) is 28.8 Å². The molecule has 1 aromatic carbocycles. The molecule has 0 aliphatic carbocycles. The van der Waals surface area contributed by atoms with Gasteiger partial charge in [-0.25, -0.2) is 0 Å². The third kappa shape index (κ3) is 3.05. The Kier molecular flexibility index (Phi) is 4.15. The van der Waals surface area contributed by atoms with Gasteiger partial charge in [-0.1, -0.05) is 18.5 Å². The number of hydrogen-bond donors (Lipinski definition) is 2. The van der Waals surface area contributed by atoms with Crippen LogP contribution in [-0.4, -0.2) is 11.2 Å². The van der Waals surface area contributed by atoms with E-state index in [0.29, 0.717) is 15.8 Å². The first kappa shape index (κ1) is 14.8. The summed E-state index contributed by atoms with van der Waals surface area (Å²) in [6.45, 7) is 2.23. The molecule has 1 aliphatic heterocycles. The van der Waals surface area contributed by atoms with Crippen LogP contribution in [0.2, 0.25) is 5.02 Å². The van der Waals surface area contributed by atoms with E-state index in [1.165, 1.54) is 9.77 Å². The van der Waals surface area contributed by atoms with Crippen LogP contribution in [0.4, 0.5) is 5.69 Å². The number of anilines is 1. The zero-order valence-corrected chi connectivity index (χ0v) is 13.8. The van der Waals surface area contributed by atoms with Gasteiger partial charge in [0.05, 0.1) is 20.8 Å². The lowest BCUT2D eigenvalue weighted by Crippen LogP contribution is -2.19. The van der Waals surface area contributed by atoms with Crippen LogP contribution in [0.15, 0.2) is 33.9 Å². The number of carbonyl (C=O) groups is 1. The zero-order valence-electron chi connectivity index (χ0n) is 11.4. The lowest BCUT2D eigenvalue weighted by molar-refractivity contribution is 0.100. The van der Waals surface area contributed by atoms with Crippen molar-refractivity contribution in [1.82, 2.24) is 0 Å². The summed E-state index contributed by atoms with van der Waals surface area (Å²) in [5, 5.41) is 6.58. The second-order valence-electron chi connectivity index (χ2n) is 5.08. The highest BCUT2D eigenvalue weighted by Crippen LogP contribution is 2.45. The minimum Gasteiger partial charge on any atom is -0.378 e. The molecule has 21 heavy (non-hydrogen) atoms. The molecule has 0 saturated heterocycles. The van der Waals surface area contributed by atoms with E-state index in [-0.39, 0.29) is 6.04 Å². The van der Waals surface area contributed by atoms with Crippen LogP contribution >= 0.6 is 34.7 Å². The maximum Gasteiger partial charge on any atom is 0.250 e. The SMILES string of the molecule is C[C@H]1CC(Nc2ccc(Cl)c(C(N)=O)c2)c2ccsc2S1. The van der Waals surface area contributed by atoms with E-state index in [1.807, 2.05) is 17.8 Å². The summed E-state index contributed by atoms with van der Waals surface area (Å²) in [6, 6.07) is 7.74. The molecule has 110 valence electrons. The van der Waals surface area contributed by atoms with E-state index >= 15 is 0 Å². The molecular formula is C15H15ClN2OS2. The number of halogens is 1. The Morgan fingerprint density at radius 3 is 3.00 bits per heavy atom. The Morgan fingerprint density at radius 2 is 2.24 bits per heavy atom. The van der Waals surface area contributed by atoms with Crippen LogP contribution in [0.3, 0.4) is 0 Å². The molecule has 3 rings (SSSR count). The summed E-state index contributed by atoms with van der Waals surface area (Å²) in [7, 11) is 0. The van der Waals surface area contributed by atoms with Crippen molar-refractivity contribution in [1.29, 1.82) is 0 Å². The number of thioether (sulfide) groups is 1. The molecule has 0 radical (unpaired) electrons. The summed E-state index contributed by atoms with van der Waals surface area (Å²) in [5.41, 5.74) is 7.90. The molecule has 0 spiro atoms. The van der Waals surface area contributed by atoms with E-state index in [4.69, 9.17) is 17.3 Å². The van der Waals surface area contributed by atoms with E-state index in [0.717, 1.165) is 12.1 Å². The molecule has 6 heteroatoms. The van der Waals surface area contributed by atoms with Gasteiger partial charge in [0.1, 0.15) is 0 Å². The van der Waals surface area contributed by atoms with Crippen LogP contribution in [0.25, 0.3) is 0 Å². The lowest BCUT2D eigenvalue weighted by atomic mass is 10.0. The van der Waals surface area contributed by atoms with Crippen LogP contribution in [0.1, 0.15) is 35.3 Å². The van der Waals surface area contributed by atoms with E-state index in [2.05, 4.69) is 23.7 Å². The quantitative estimate of drug-likeness (QED) is 0.864. The molecule has 0 saturated carbocycles. The fourth-order valence-electron chi connectivity index (χ4n) is 2.49. The van der Waals surface area contributed by atoms with Gasteiger partial charge in [-0.3, -0.25) is 4.79 Å². The van der Waals surface area contributed by atoms with Gasteiger partial charge in [0.25, 0.3) is 0 Å². The first-order valence-electron chi connectivity index (χ1n) is 6.64.